The number of thiazole rings is 1. The smallest absolute Gasteiger partial charge is 0.190 e. The summed E-state index contributed by atoms with van der Waals surface area (Å²) in [5.74, 6) is 2.22. The van der Waals surface area contributed by atoms with Crippen LogP contribution in [0.2, 0.25) is 0 Å². The van der Waals surface area contributed by atoms with Crippen molar-refractivity contribution in [3.8, 4) is 10.8 Å². The zero-order valence-electron chi connectivity index (χ0n) is 11.4. The van der Waals surface area contributed by atoms with Crippen LogP contribution in [0.3, 0.4) is 0 Å². The van der Waals surface area contributed by atoms with Gasteiger partial charge in [-0.2, -0.15) is 5.10 Å². The predicted molar refractivity (Wildman–Crippen MR) is 81.6 cm³/mol. The van der Waals surface area contributed by atoms with Gasteiger partial charge in [-0.1, -0.05) is 0 Å². The Kier molecular flexibility index (Phi) is 3.11. The van der Waals surface area contributed by atoms with Gasteiger partial charge in [-0.05, 0) is 25.3 Å². The zero-order chi connectivity index (χ0) is 14.1. The first-order valence-corrected chi connectivity index (χ1v) is 7.83. The summed E-state index contributed by atoms with van der Waals surface area (Å²) in [6.45, 7) is 1.01. The number of nitrogens with zero attached hydrogens (tertiary/aromatic N) is 5. The molecule has 0 bridgehead atoms. The lowest BCUT2D eigenvalue weighted by Gasteiger charge is -2.11. The van der Waals surface area contributed by atoms with Crippen LogP contribution in [0.15, 0.2) is 29.9 Å². The highest BCUT2D eigenvalue weighted by Crippen LogP contribution is 2.22. The fraction of sp³-hybridized carbons (Fsp3) is 0.286. The van der Waals surface area contributed by atoms with E-state index in [-0.39, 0.29) is 0 Å². The van der Waals surface area contributed by atoms with Gasteiger partial charge in [-0.15, -0.1) is 11.3 Å². The van der Waals surface area contributed by atoms with E-state index in [2.05, 4.69) is 36.1 Å². The van der Waals surface area contributed by atoms with Gasteiger partial charge in [0, 0.05) is 36.1 Å². The third kappa shape index (κ3) is 2.52. The van der Waals surface area contributed by atoms with Crippen LogP contribution in [0.25, 0.3) is 10.8 Å². The summed E-state index contributed by atoms with van der Waals surface area (Å²) in [5, 5.41) is 10.6. The summed E-state index contributed by atoms with van der Waals surface area (Å²) in [6, 6.07) is 3.94. The van der Waals surface area contributed by atoms with Crippen LogP contribution in [0.4, 0.5) is 11.6 Å². The highest BCUT2D eigenvalue weighted by Gasteiger charge is 2.13. The largest absolute Gasteiger partial charge is 0.323 e. The summed E-state index contributed by atoms with van der Waals surface area (Å²) >= 11 is 1.53. The Labute approximate surface area is 125 Å². The van der Waals surface area contributed by atoms with E-state index in [1.165, 1.54) is 29.9 Å². The standard InChI is InChI=1S/C14H14N6S/c1-2-7-20-10(3-1)9-12(19-20)17-11-4-5-15-13(18-11)14-16-6-8-21-14/h4-6,8-9H,1-3,7H2,(H,15,17,18,19). The maximum Gasteiger partial charge on any atom is 0.190 e. The SMILES string of the molecule is c1cc(Nc2cc3n(n2)CCCC3)nc(-c2nccs2)n1. The fourth-order valence-corrected chi connectivity index (χ4v) is 3.05. The zero-order valence-corrected chi connectivity index (χ0v) is 12.2. The molecule has 0 radical (unpaired) electrons. The Morgan fingerprint density at radius 2 is 2.14 bits per heavy atom. The molecule has 3 aromatic heterocycles. The molecule has 0 fully saturated rings. The number of rotatable bonds is 3. The average Bonchev–Trinajstić information content (AvgIpc) is 3.16. The predicted octanol–water partition coefficient (Wildman–Crippen LogP) is 2.88. The van der Waals surface area contributed by atoms with Crippen LogP contribution in [0.5, 0.6) is 0 Å². The summed E-state index contributed by atoms with van der Waals surface area (Å²) in [7, 11) is 0. The van der Waals surface area contributed by atoms with Gasteiger partial charge in [0.25, 0.3) is 0 Å². The summed E-state index contributed by atoms with van der Waals surface area (Å²) in [4.78, 5) is 13.0. The molecule has 4 rings (SSSR count). The first-order valence-electron chi connectivity index (χ1n) is 6.95. The number of aromatic nitrogens is 5. The van der Waals surface area contributed by atoms with Crippen molar-refractivity contribution in [1.29, 1.82) is 0 Å². The molecule has 3 aromatic rings. The molecule has 0 unspecified atom stereocenters. The highest BCUT2D eigenvalue weighted by atomic mass is 32.1. The molecule has 0 spiro atoms. The Morgan fingerprint density at radius 3 is 3.00 bits per heavy atom. The second-order valence-corrected chi connectivity index (χ2v) is 5.82. The summed E-state index contributed by atoms with van der Waals surface area (Å²) in [6.07, 6.45) is 7.04. The van der Waals surface area contributed by atoms with Gasteiger partial charge < -0.3 is 5.32 Å². The second-order valence-electron chi connectivity index (χ2n) is 4.93. The summed E-state index contributed by atoms with van der Waals surface area (Å²) in [5.41, 5.74) is 1.29. The van der Waals surface area contributed by atoms with Crippen molar-refractivity contribution in [3.63, 3.8) is 0 Å². The quantitative estimate of drug-likeness (QED) is 0.805. The van der Waals surface area contributed by atoms with Gasteiger partial charge in [0.1, 0.15) is 5.82 Å². The van der Waals surface area contributed by atoms with E-state index < -0.39 is 0 Å². The molecule has 1 aliphatic heterocycles. The Morgan fingerprint density at radius 1 is 1.14 bits per heavy atom. The Balaban J connectivity index is 1.59. The topological polar surface area (TPSA) is 68.5 Å². The minimum absolute atomic E-state index is 0.638. The molecule has 21 heavy (non-hydrogen) atoms. The summed E-state index contributed by atoms with van der Waals surface area (Å²) < 4.78 is 2.08. The molecule has 0 saturated heterocycles. The van der Waals surface area contributed by atoms with E-state index >= 15 is 0 Å². The van der Waals surface area contributed by atoms with Crippen molar-refractivity contribution in [2.45, 2.75) is 25.8 Å². The van der Waals surface area contributed by atoms with Crippen molar-refractivity contribution in [1.82, 2.24) is 24.7 Å². The molecule has 0 aliphatic carbocycles. The van der Waals surface area contributed by atoms with E-state index in [0.717, 1.165) is 29.6 Å². The molecule has 1 aliphatic rings. The molecule has 6 nitrogen and oxygen atoms in total. The van der Waals surface area contributed by atoms with E-state index in [1.54, 1.807) is 12.4 Å². The minimum atomic E-state index is 0.638. The lowest BCUT2D eigenvalue weighted by atomic mass is 10.1. The van der Waals surface area contributed by atoms with Crippen molar-refractivity contribution in [2.75, 3.05) is 5.32 Å². The molecule has 4 heterocycles. The van der Waals surface area contributed by atoms with E-state index in [9.17, 15) is 0 Å². The molecule has 0 aromatic carbocycles. The first-order chi connectivity index (χ1) is 10.4. The van der Waals surface area contributed by atoms with Crippen LogP contribution in [0.1, 0.15) is 18.5 Å². The molecule has 106 valence electrons. The van der Waals surface area contributed by atoms with Gasteiger partial charge >= 0.3 is 0 Å². The van der Waals surface area contributed by atoms with Gasteiger partial charge in [-0.25, -0.2) is 15.0 Å². The second kappa shape index (κ2) is 5.25. The Hall–Kier alpha value is -2.28. The monoisotopic (exact) mass is 298 g/mol. The third-order valence-electron chi connectivity index (χ3n) is 3.45. The van der Waals surface area contributed by atoms with Crippen LogP contribution in [-0.4, -0.2) is 24.7 Å². The van der Waals surface area contributed by atoms with Gasteiger partial charge in [-0.3, -0.25) is 4.68 Å². The van der Waals surface area contributed by atoms with Crippen molar-refractivity contribution in [3.05, 3.63) is 35.6 Å². The average molecular weight is 298 g/mol. The van der Waals surface area contributed by atoms with Crippen LogP contribution in [-0.2, 0) is 13.0 Å². The molecule has 7 heteroatoms. The van der Waals surface area contributed by atoms with Gasteiger partial charge in [0.05, 0.1) is 0 Å². The molecular weight excluding hydrogens is 284 g/mol. The van der Waals surface area contributed by atoms with E-state index in [4.69, 9.17) is 0 Å². The normalized spacial score (nSPS) is 13.9. The molecule has 1 N–H and O–H groups in total. The fourth-order valence-electron chi connectivity index (χ4n) is 2.48. The van der Waals surface area contributed by atoms with Gasteiger partial charge in [0.15, 0.2) is 16.6 Å². The van der Waals surface area contributed by atoms with Crippen LogP contribution in [0, 0.1) is 0 Å². The van der Waals surface area contributed by atoms with Crippen LogP contribution >= 0.6 is 11.3 Å². The number of anilines is 2. The maximum atomic E-state index is 4.57. The minimum Gasteiger partial charge on any atom is -0.323 e. The third-order valence-corrected chi connectivity index (χ3v) is 4.22. The lowest BCUT2D eigenvalue weighted by Crippen LogP contribution is -2.10. The maximum absolute atomic E-state index is 4.57. The van der Waals surface area contributed by atoms with Crippen molar-refractivity contribution in [2.24, 2.45) is 0 Å². The molecule has 0 saturated carbocycles. The number of hydrogen-bond acceptors (Lipinski definition) is 6. The number of nitrogens with one attached hydrogen (secondary N) is 1. The first kappa shape index (κ1) is 12.5. The van der Waals surface area contributed by atoms with Crippen molar-refractivity contribution < 1.29 is 0 Å². The van der Waals surface area contributed by atoms with E-state index in [1.807, 2.05) is 11.4 Å². The lowest BCUT2D eigenvalue weighted by molar-refractivity contribution is 0.487. The van der Waals surface area contributed by atoms with Crippen LogP contribution < -0.4 is 5.32 Å². The Bertz CT molecular complexity index is 725. The van der Waals surface area contributed by atoms with Gasteiger partial charge in [0.2, 0.25) is 0 Å². The highest BCUT2D eigenvalue weighted by molar-refractivity contribution is 7.12. The molecule has 0 amide bonds. The number of hydrogen-bond donors (Lipinski definition) is 1. The number of fused-ring (bicyclic) bond motifs is 1. The molecule has 0 atom stereocenters. The molecular formula is C14H14N6S. The van der Waals surface area contributed by atoms with Crippen molar-refractivity contribution >= 4 is 23.0 Å². The number of aryl methyl sites for hydroxylation is 2. The van der Waals surface area contributed by atoms with E-state index in [0.29, 0.717) is 5.82 Å².